The van der Waals surface area contributed by atoms with Crippen molar-refractivity contribution in [2.45, 2.75) is 0 Å². The molecule has 2 aliphatic heterocycles. The average molecular weight is 516 g/mol. The maximum atomic E-state index is 13.4. The van der Waals surface area contributed by atoms with E-state index in [1.54, 1.807) is 17.0 Å². The molecular weight excluding hydrogens is 485 g/mol. The molecule has 3 aromatic carbocycles. The molecule has 2 saturated heterocycles. The van der Waals surface area contributed by atoms with E-state index < -0.39 is 11.7 Å². The Hall–Kier alpha value is -4.24. The van der Waals surface area contributed by atoms with Gasteiger partial charge in [0.1, 0.15) is 5.82 Å². The zero-order valence-electron chi connectivity index (χ0n) is 21.0. The molecule has 2 N–H and O–H groups in total. The van der Waals surface area contributed by atoms with Gasteiger partial charge in [0.25, 0.3) is 17.7 Å². The van der Waals surface area contributed by atoms with Crippen LogP contribution < -0.4 is 15.5 Å². The van der Waals surface area contributed by atoms with Crippen molar-refractivity contribution in [3.8, 4) is 0 Å². The lowest BCUT2D eigenvalue weighted by Crippen LogP contribution is -2.49. The van der Waals surface area contributed by atoms with Gasteiger partial charge in [0, 0.05) is 69.0 Å². The van der Waals surface area contributed by atoms with Crippen LogP contribution in [-0.4, -0.2) is 79.9 Å². The van der Waals surface area contributed by atoms with Gasteiger partial charge in [-0.15, -0.1) is 0 Å². The maximum Gasteiger partial charge on any atom is 0.255 e. The minimum Gasteiger partial charge on any atom is -0.366 e. The van der Waals surface area contributed by atoms with Crippen molar-refractivity contribution in [2.24, 2.45) is 0 Å². The topological polar surface area (TPSA) is 85.0 Å². The summed E-state index contributed by atoms with van der Waals surface area (Å²) in [5.74, 6) is -0.912. The van der Waals surface area contributed by atoms with E-state index in [-0.39, 0.29) is 11.8 Å². The van der Waals surface area contributed by atoms with Crippen LogP contribution in [0.5, 0.6) is 0 Å². The number of piperazine rings is 2. The Morgan fingerprint density at radius 1 is 0.684 bits per heavy atom. The lowest BCUT2D eigenvalue weighted by Gasteiger charge is -2.37. The van der Waals surface area contributed by atoms with E-state index in [1.165, 1.54) is 24.3 Å². The van der Waals surface area contributed by atoms with Gasteiger partial charge in [-0.2, -0.15) is 0 Å². The fourth-order valence-corrected chi connectivity index (χ4v) is 4.80. The predicted molar refractivity (Wildman–Crippen MR) is 144 cm³/mol. The van der Waals surface area contributed by atoms with Crippen LogP contribution in [0.1, 0.15) is 31.1 Å². The molecular formula is C29H30FN5O3. The molecule has 0 saturated carbocycles. The summed E-state index contributed by atoms with van der Waals surface area (Å²) in [6.07, 6.45) is 0. The van der Waals surface area contributed by atoms with Gasteiger partial charge in [0.2, 0.25) is 0 Å². The van der Waals surface area contributed by atoms with Crippen LogP contribution in [0.15, 0.2) is 72.8 Å². The first-order valence-corrected chi connectivity index (χ1v) is 12.8. The lowest BCUT2D eigenvalue weighted by molar-refractivity contribution is 0.0731. The molecule has 0 atom stereocenters. The number of carbonyl (C=O) groups excluding carboxylic acids is 3. The first-order chi connectivity index (χ1) is 18.5. The van der Waals surface area contributed by atoms with Gasteiger partial charge in [-0.3, -0.25) is 14.4 Å². The Labute approximate surface area is 221 Å². The third-order valence-corrected chi connectivity index (χ3v) is 6.93. The zero-order valence-corrected chi connectivity index (χ0v) is 21.0. The Balaban J connectivity index is 1.37. The van der Waals surface area contributed by atoms with Crippen LogP contribution in [0.3, 0.4) is 0 Å². The van der Waals surface area contributed by atoms with E-state index in [0.717, 1.165) is 18.8 Å². The summed E-state index contributed by atoms with van der Waals surface area (Å²) in [7, 11) is 0. The molecule has 196 valence electrons. The van der Waals surface area contributed by atoms with Crippen molar-refractivity contribution in [2.75, 3.05) is 62.6 Å². The highest BCUT2D eigenvalue weighted by atomic mass is 19.1. The smallest absolute Gasteiger partial charge is 0.255 e. The largest absolute Gasteiger partial charge is 0.366 e. The second-order valence-electron chi connectivity index (χ2n) is 9.38. The molecule has 2 fully saturated rings. The van der Waals surface area contributed by atoms with E-state index in [9.17, 15) is 18.8 Å². The predicted octanol–water partition coefficient (Wildman–Crippen LogP) is 3.09. The van der Waals surface area contributed by atoms with Gasteiger partial charge in [0.15, 0.2) is 0 Å². The van der Waals surface area contributed by atoms with Crippen molar-refractivity contribution in [3.05, 3.63) is 95.3 Å². The number of hydrogen-bond acceptors (Lipinski definition) is 5. The summed E-state index contributed by atoms with van der Waals surface area (Å²) in [5.41, 5.74) is 2.73. The van der Waals surface area contributed by atoms with Gasteiger partial charge in [-0.05, 0) is 54.6 Å². The molecule has 0 spiro atoms. The van der Waals surface area contributed by atoms with Crippen molar-refractivity contribution in [1.29, 1.82) is 0 Å². The van der Waals surface area contributed by atoms with Crippen molar-refractivity contribution in [1.82, 2.24) is 15.1 Å². The van der Waals surface area contributed by atoms with Crippen LogP contribution in [-0.2, 0) is 0 Å². The minimum absolute atomic E-state index is 0.00736. The summed E-state index contributed by atoms with van der Waals surface area (Å²) >= 11 is 0. The number of hydrogen-bond donors (Lipinski definition) is 2. The first kappa shape index (κ1) is 25.4. The second kappa shape index (κ2) is 11.4. The van der Waals surface area contributed by atoms with E-state index in [2.05, 4.69) is 15.5 Å². The first-order valence-electron chi connectivity index (χ1n) is 12.8. The SMILES string of the molecule is O=C(Nc1cc(C(=O)N2CCNCC2)ccc1N1CCN(C(=O)c2ccccc2)CC1)c1ccc(F)cc1. The van der Waals surface area contributed by atoms with E-state index in [1.807, 2.05) is 41.3 Å². The molecule has 2 aliphatic rings. The molecule has 0 radical (unpaired) electrons. The van der Waals surface area contributed by atoms with Gasteiger partial charge in [-0.25, -0.2) is 4.39 Å². The number of nitrogens with zero attached hydrogens (tertiary/aromatic N) is 3. The van der Waals surface area contributed by atoms with Gasteiger partial charge in [-0.1, -0.05) is 18.2 Å². The molecule has 3 amide bonds. The molecule has 0 aliphatic carbocycles. The lowest BCUT2D eigenvalue weighted by atomic mass is 10.1. The van der Waals surface area contributed by atoms with Crippen LogP contribution in [0.4, 0.5) is 15.8 Å². The summed E-state index contributed by atoms with van der Waals surface area (Å²) in [5, 5.41) is 6.18. The number of anilines is 2. The molecule has 8 nitrogen and oxygen atoms in total. The third-order valence-electron chi connectivity index (χ3n) is 6.93. The Kier molecular flexibility index (Phi) is 7.65. The summed E-state index contributed by atoms with van der Waals surface area (Å²) in [6.45, 7) is 4.92. The molecule has 9 heteroatoms. The molecule has 0 aromatic heterocycles. The second-order valence-corrected chi connectivity index (χ2v) is 9.38. The Morgan fingerprint density at radius 3 is 1.97 bits per heavy atom. The zero-order chi connectivity index (χ0) is 26.5. The monoisotopic (exact) mass is 515 g/mol. The van der Waals surface area contributed by atoms with Gasteiger partial charge < -0.3 is 25.3 Å². The standard InChI is InChI=1S/C29H30FN5O3/c30-24-9-6-21(7-10-24)27(36)32-25-20-23(29(38)34-14-12-31-13-15-34)8-11-26(25)33-16-18-35(19-17-33)28(37)22-4-2-1-3-5-22/h1-11,20,31H,12-19H2,(H,32,36). The highest BCUT2D eigenvalue weighted by Crippen LogP contribution is 2.30. The van der Waals surface area contributed by atoms with E-state index in [4.69, 9.17) is 0 Å². The van der Waals surface area contributed by atoms with Crippen molar-refractivity contribution in [3.63, 3.8) is 0 Å². The van der Waals surface area contributed by atoms with Crippen LogP contribution in [0.25, 0.3) is 0 Å². The van der Waals surface area contributed by atoms with Gasteiger partial charge >= 0.3 is 0 Å². The maximum absolute atomic E-state index is 13.4. The number of amides is 3. The molecule has 3 aromatic rings. The minimum atomic E-state index is -0.422. The Morgan fingerprint density at radius 2 is 1.29 bits per heavy atom. The fraction of sp³-hybridized carbons (Fsp3) is 0.276. The van der Waals surface area contributed by atoms with Crippen molar-refractivity contribution >= 4 is 29.1 Å². The van der Waals surface area contributed by atoms with Crippen LogP contribution in [0.2, 0.25) is 0 Å². The highest BCUT2D eigenvalue weighted by Gasteiger charge is 2.25. The van der Waals surface area contributed by atoms with E-state index >= 15 is 0 Å². The van der Waals surface area contributed by atoms with Crippen LogP contribution >= 0.6 is 0 Å². The normalized spacial score (nSPS) is 15.8. The third kappa shape index (κ3) is 5.68. The highest BCUT2D eigenvalue weighted by molar-refractivity contribution is 6.07. The number of rotatable bonds is 5. The molecule has 0 unspecified atom stereocenters. The molecule has 0 bridgehead atoms. The summed E-state index contributed by atoms with van der Waals surface area (Å²) < 4.78 is 13.4. The number of benzene rings is 3. The van der Waals surface area contributed by atoms with E-state index in [0.29, 0.717) is 61.6 Å². The summed E-state index contributed by atoms with van der Waals surface area (Å²) in [4.78, 5) is 44.8. The average Bonchev–Trinajstić information content (AvgIpc) is 2.97. The number of carbonyl (C=O) groups is 3. The number of halogens is 1. The fourth-order valence-electron chi connectivity index (χ4n) is 4.80. The van der Waals surface area contributed by atoms with Gasteiger partial charge in [0.05, 0.1) is 11.4 Å². The quantitative estimate of drug-likeness (QED) is 0.546. The van der Waals surface area contributed by atoms with Crippen LogP contribution in [0, 0.1) is 5.82 Å². The van der Waals surface area contributed by atoms with Crippen molar-refractivity contribution < 1.29 is 18.8 Å². The summed E-state index contributed by atoms with van der Waals surface area (Å²) in [6, 6.07) is 19.9. The molecule has 5 rings (SSSR count). The molecule has 2 heterocycles. The molecule has 38 heavy (non-hydrogen) atoms. The number of nitrogens with one attached hydrogen (secondary N) is 2. The Bertz CT molecular complexity index is 1300.